The summed E-state index contributed by atoms with van der Waals surface area (Å²) in [4.78, 5) is 11.4. The number of aryl methyl sites for hydroxylation is 1. The third-order valence-corrected chi connectivity index (χ3v) is 2.10. The van der Waals surface area contributed by atoms with Crippen molar-refractivity contribution in [1.82, 2.24) is 0 Å². The zero-order valence-electron chi connectivity index (χ0n) is 9.06. The molecule has 0 aliphatic carbocycles. The topological polar surface area (TPSA) is 46.5 Å². The first-order valence-electron chi connectivity index (χ1n) is 5.01. The summed E-state index contributed by atoms with van der Waals surface area (Å²) >= 11 is 0. The summed E-state index contributed by atoms with van der Waals surface area (Å²) in [6.07, 6.45) is -1.09. The Morgan fingerprint density at radius 2 is 2.00 bits per heavy atom. The van der Waals surface area contributed by atoms with E-state index in [0.717, 1.165) is 11.1 Å². The molecular formula is C12H16O3. The number of aliphatic hydroxyl groups excluding tert-OH is 1. The molecule has 0 heterocycles. The second kappa shape index (κ2) is 5.63. The van der Waals surface area contributed by atoms with E-state index >= 15 is 0 Å². The van der Waals surface area contributed by atoms with Crippen LogP contribution in [-0.4, -0.2) is 23.8 Å². The summed E-state index contributed by atoms with van der Waals surface area (Å²) in [6, 6.07) is 7.64. The van der Waals surface area contributed by atoms with Crippen LogP contribution in [0.2, 0.25) is 0 Å². The van der Waals surface area contributed by atoms with Gasteiger partial charge in [0, 0.05) is 13.0 Å². The number of hydrogen-bond donors (Lipinski definition) is 1. The zero-order valence-corrected chi connectivity index (χ0v) is 9.06. The van der Waals surface area contributed by atoms with E-state index < -0.39 is 6.29 Å². The van der Waals surface area contributed by atoms with E-state index in [1.165, 1.54) is 0 Å². The van der Waals surface area contributed by atoms with E-state index in [-0.39, 0.29) is 12.2 Å². The molecule has 3 heteroatoms. The Morgan fingerprint density at radius 3 is 2.53 bits per heavy atom. The maximum atomic E-state index is 11.4. The Morgan fingerprint density at radius 1 is 1.40 bits per heavy atom. The van der Waals surface area contributed by atoms with Crippen molar-refractivity contribution in [3.05, 3.63) is 35.4 Å². The number of aliphatic hydroxyl groups is 1. The second-order valence-corrected chi connectivity index (χ2v) is 3.44. The first-order valence-corrected chi connectivity index (χ1v) is 5.01. The van der Waals surface area contributed by atoms with Crippen molar-refractivity contribution in [2.24, 2.45) is 0 Å². The lowest BCUT2D eigenvalue weighted by atomic mass is 10.1. The van der Waals surface area contributed by atoms with Gasteiger partial charge >= 0.3 is 0 Å². The van der Waals surface area contributed by atoms with Gasteiger partial charge in [0.1, 0.15) is 0 Å². The van der Waals surface area contributed by atoms with Crippen molar-refractivity contribution in [1.29, 1.82) is 0 Å². The third kappa shape index (κ3) is 3.81. The van der Waals surface area contributed by atoms with Crippen LogP contribution < -0.4 is 0 Å². The number of carbonyl (C=O) groups is 1. The van der Waals surface area contributed by atoms with Crippen molar-refractivity contribution in [3.63, 3.8) is 0 Å². The molecule has 0 saturated carbocycles. The molecule has 0 fully saturated rings. The number of ether oxygens (including phenoxy) is 1. The molecule has 0 radical (unpaired) electrons. The Hall–Kier alpha value is -1.19. The van der Waals surface area contributed by atoms with Gasteiger partial charge in [0.05, 0.1) is 0 Å². The van der Waals surface area contributed by atoms with Crippen LogP contribution in [0, 0.1) is 6.92 Å². The van der Waals surface area contributed by atoms with Crippen LogP contribution in [0.15, 0.2) is 24.3 Å². The van der Waals surface area contributed by atoms with Gasteiger partial charge in [-0.05, 0) is 19.4 Å². The fraction of sp³-hybridized carbons (Fsp3) is 0.417. The molecule has 0 bridgehead atoms. The molecule has 1 aromatic carbocycles. The van der Waals surface area contributed by atoms with Gasteiger partial charge < -0.3 is 9.84 Å². The molecule has 0 saturated heterocycles. The molecule has 0 amide bonds. The normalized spacial score (nSPS) is 12.5. The quantitative estimate of drug-likeness (QED) is 0.745. The van der Waals surface area contributed by atoms with Crippen LogP contribution in [0.1, 0.15) is 18.1 Å². The maximum absolute atomic E-state index is 11.4. The molecule has 0 aliphatic heterocycles. The van der Waals surface area contributed by atoms with Gasteiger partial charge in [-0.15, -0.1) is 0 Å². The minimum atomic E-state index is -1.30. The van der Waals surface area contributed by atoms with E-state index in [0.29, 0.717) is 6.61 Å². The number of benzene rings is 1. The highest BCUT2D eigenvalue weighted by atomic mass is 16.6. The van der Waals surface area contributed by atoms with E-state index in [4.69, 9.17) is 4.74 Å². The second-order valence-electron chi connectivity index (χ2n) is 3.44. The summed E-state index contributed by atoms with van der Waals surface area (Å²) in [7, 11) is 0. The number of ketones is 1. The van der Waals surface area contributed by atoms with Gasteiger partial charge in [0.2, 0.25) is 6.29 Å². The first kappa shape index (κ1) is 11.9. The average Bonchev–Trinajstić information content (AvgIpc) is 2.22. The van der Waals surface area contributed by atoms with Gasteiger partial charge in [-0.3, -0.25) is 4.79 Å². The molecule has 1 unspecified atom stereocenters. The minimum Gasteiger partial charge on any atom is -0.362 e. The summed E-state index contributed by atoms with van der Waals surface area (Å²) in [5, 5.41) is 9.26. The standard InChI is InChI=1S/C12H16O3/c1-3-15-12(14)11(13)8-10-6-4-9(2)5-7-10/h4-7,12,14H,3,8H2,1-2H3. The lowest BCUT2D eigenvalue weighted by molar-refractivity contribution is -0.154. The molecule has 0 aromatic heterocycles. The van der Waals surface area contributed by atoms with Gasteiger partial charge in [0.15, 0.2) is 5.78 Å². The van der Waals surface area contributed by atoms with Crippen molar-refractivity contribution < 1.29 is 14.6 Å². The number of hydrogen-bond acceptors (Lipinski definition) is 3. The number of carbonyl (C=O) groups excluding carboxylic acids is 1. The lowest BCUT2D eigenvalue weighted by Gasteiger charge is -2.09. The van der Waals surface area contributed by atoms with Crippen molar-refractivity contribution in [2.45, 2.75) is 26.6 Å². The average molecular weight is 208 g/mol. The van der Waals surface area contributed by atoms with Gasteiger partial charge in [-0.2, -0.15) is 0 Å². The predicted molar refractivity (Wildman–Crippen MR) is 57.5 cm³/mol. The summed E-state index contributed by atoms with van der Waals surface area (Å²) in [6.45, 7) is 4.06. The van der Waals surface area contributed by atoms with Gasteiger partial charge in [-0.1, -0.05) is 29.8 Å². The highest BCUT2D eigenvalue weighted by Crippen LogP contribution is 2.05. The minimum absolute atomic E-state index is 0.210. The number of Topliss-reactive ketones (excluding diaryl/α,β-unsaturated/α-hetero) is 1. The fourth-order valence-corrected chi connectivity index (χ4v) is 1.25. The maximum Gasteiger partial charge on any atom is 0.215 e. The third-order valence-electron chi connectivity index (χ3n) is 2.10. The van der Waals surface area contributed by atoms with E-state index in [2.05, 4.69) is 0 Å². The van der Waals surface area contributed by atoms with E-state index in [9.17, 15) is 9.90 Å². The molecule has 3 nitrogen and oxygen atoms in total. The summed E-state index contributed by atoms with van der Waals surface area (Å²) < 4.78 is 4.81. The van der Waals surface area contributed by atoms with Crippen LogP contribution in [0.25, 0.3) is 0 Å². The molecule has 0 spiro atoms. The van der Waals surface area contributed by atoms with Gasteiger partial charge in [-0.25, -0.2) is 0 Å². The fourth-order valence-electron chi connectivity index (χ4n) is 1.25. The molecule has 82 valence electrons. The highest BCUT2D eigenvalue weighted by molar-refractivity contribution is 5.83. The summed E-state index contributed by atoms with van der Waals surface area (Å²) in [5.74, 6) is -0.305. The zero-order chi connectivity index (χ0) is 11.3. The molecule has 1 rings (SSSR count). The van der Waals surface area contributed by atoms with Gasteiger partial charge in [0.25, 0.3) is 0 Å². The SMILES string of the molecule is CCOC(O)C(=O)Cc1ccc(C)cc1. The predicted octanol–water partition coefficient (Wildman–Crippen LogP) is 1.46. The summed E-state index contributed by atoms with van der Waals surface area (Å²) in [5.41, 5.74) is 2.04. The van der Waals surface area contributed by atoms with Crippen LogP contribution in [0.4, 0.5) is 0 Å². The van der Waals surface area contributed by atoms with Crippen molar-refractivity contribution in [2.75, 3.05) is 6.61 Å². The monoisotopic (exact) mass is 208 g/mol. The molecule has 1 atom stereocenters. The number of rotatable bonds is 5. The van der Waals surface area contributed by atoms with Crippen LogP contribution in [0.5, 0.6) is 0 Å². The van der Waals surface area contributed by atoms with Crippen LogP contribution >= 0.6 is 0 Å². The van der Waals surface area contributed by atoms with Crippen molar-refractivity contribution in [3.8, 4) is 0 Å². The molecule has 0 aliphatic rings. The molecular weight excluding hydrogens is 192 g/mol. The van der Waals surface area contributed by atoms with Crippen LogP contribution in [-0.2, 0) is 16.0 Å². The van der Waals surface area contributed by atoms with E-state index in [1.54, 1.807) is 6.92 Å². The molecule has 1 aromatic rings. The lowest BCUT2D eigenvalue weighted by Crippen LogP contribution is -2.25. The first-order chi connectivity index (χ1) is 7.13. The van der Waals surface area contributed by atoms with Crippen molar-refractivity contribution >= 4 is 5.78 Å². The highest BCUT2D eigenvalue weighted by Gasteiger charge is 2.14. The molecule has 15 heavy (non-hydrogen) atoms. The Labute approximate surface area is 89.7 Å². The Bertz CT molecular complexity index is 316. The van der Waals surface area contributed by atoms with Crippen LogP contribution in [0.3, 0.4) is 0 Å². The smallest absolute Gasteiger partial charge is 0.215 e. The largest absolute Gasteiger partial charge is 0.362 e. The Balaban J connectivity index is 2.54. The van der Waals surface area contributed by atoms with E-state index in [1.807, 2.05) is 31.2 Å². The molecule has 1 N–H and O–H groups in total. The Kier molecular flexibility index (Phi) is 4.46.